The van der Waals surface area contributed by atoms with Crippen LogP contribution in [0.4, 0.5) is 0 Å². The molecule has 1 unspecified atom stereocenters. The molecule has 29 heavy (non-hydrogen) atoms. The van der Waals surface area contributed by atoms with Gasteiger partial charge in [-0.1, -0.05) is 44.2 Å². The van der Waals surface area contributed by atoms with E-state index in [1.165, 1.54) is 0 Å². The van der Waals surface area contributed by atoms with Gasteiger partial charge in [0.15, 0.2) is 0 Å². The number of imidazole rings is 1. The molecule has 0 bridgehead atoms. The third-order valence-electron chi connectivity index (χ3n) is 5.32. The SMILES string of the molecule is CC(C)CC(C(=O)NCCc1nc2ccccc2[nH]1)N1Cc2ccccc2C1=O. The van der Waals surface area contributed by atoms with Crippen LogP contribution in [0, 0.1) is 5.92 Å². The lowest BCUT2D eigenvalue weighted by Crippen LogP contribution is -2.48. The molecule has 4 rings (SSSR count). The third-order valence-corrected chi connectivity index (χ3v) is 5.32. The standard InChI is InChI=1S/C23H26N4O2/c1-15(2)13-20(27-14-16-7-3-4-8-17(16)23(27)29)22(28)24-12-11-21-25-18-9-5-6-10-19(18)26-21/h3-10,15,20H,11-14H2,1-2H3,(H,24,28)(H,25,26). The van der Waals surface area contributed by atoms with Crippen LogP contribution in [0.3, 0.4) is 0 Å². The number of hydrogen-bond acceptors (Lipinski definition) is 3. The predicted octanol–water partition coefficient (Wildman–Crippen LogP) is 3.29. The summed E-state index contributed by atoms with van der Waals surface area (Å²) < 4.78 is 0. The van der Waals surface area contributed by atoms with Crippen molar-refractivity contribution in [1.29, 1.82) is 0 Å². The van der Waals surface area contributed by atoms with Gasteiger partial charge < -0.3 is 15.2 Å². The normalized spacial score (nSPS) is 14.4. The Hall–Kier alpha value is -3.15. The highest BCUT2D eigenvalue weighted by atomic mass is 16.2. The quantitative estimate of drug-likeness (QED) is 0.650. The number of aromatic amines is 1. The van der Waals surface area contributed by atoms with Crippen LogP contribution < -0.4 is 5.32 Å². The second kappa shape index (κ2) is 8.07. The highest BCUT2D eigenvalue weighted by Crippen LogP contribution is 2.26. The average Bonchev–Trinajstić information content (AvgIpc) is 3.27. The summed E-state index contributed by atoms with van der Waals surface area (Å²) in [5, 5.41) is 3.01. The number of para-hydroxylation sites is 2. The molecule has 6 heteroatoms. The van der Waals surface area contributed by atoms with Crippen molar-refractivity contribution in [2.45, 2.75) is 39.3 Å². The fraction of sp³-hybridized carbons (Fsp3) is 0.348. The van der Waals surface area contributed by atoms with E-state index in [4.69, 9.17) is 0 Å². The Kier molecular flexibility index (Phi) is 5.34. The zero-order chi connectivity index (χ0) is 20.4. The maximum absolute atomic E-state index is 13.0. The monoisotopic (exact) mass is 390 g/mol. The van der Waals surface area contributed by atoms with E-state index in [-0.39, 0.29) is 11.8 Å². The van der Waals surface area contributed by atoms with Crippen molar-refractivity contribution in [1.82, 2.24) is 20.2 Å². The first-order chi connectivity index (χ1) is 14.0. The number of nitrogens with one attached hydrogen (secondary N) is 2. The number of nitrogens with zero attached hydrogens (tertiary/aromatic N) is 2. The molecule has 6 nitrogen and oxygen atoms in total. The summed E-state index contributed by atoms with van der Waals surface area (Å²) in [7, 11) is 0. The Morgan fingerprint density at radius 2 is 1.93 bits per heavy atom. The molecule has 1 atom stereocenters. The van der Waals surface area contributed by atoms with Gasteiger partial charge in [-0.2, -0.15) is 0 Å². The van der Waals surface area contributed by atoms with Gasteiger partial charge in [-0.25, -0.2) is 4.98 Å². The maximum atomic E-state index is 13.0. The predicted molar refractivity (Wildman–Crippen MR) is 112 cm³/mol. The van der Waals surface area contributed by atoms with Crippen LogP contribution in [-0.4, -0.2) is 39.3 Å². The summed E-state index contributed by atoms with van der Waals surface area (Å²) >= 11 is 0. The lowest BCUT2D eigenvalue weighted by molar-refractivity contribution is -0.126. The molecule has 0 saturated heterocycles. The summed E-state index contributed by atoms with van der Waals surface area (Å²) in [6.45, 7) is 5.11. The topological polar surface area (TPSA) is 78.1 Å². The Bertz CT molecular complexity index is 1010. The lowest BCUT2D eigenvalue weighted by Gasteiger charge is -2.28. The summed E-state index contributed by atoms with van der Waals surface area (Å²) in [5.41, 5.74) is 3.61. The molecule has 0 saturated carbocycles. The van der Waals surface area contributed by atoms with Gasteiger partial charge >= 0.3 is 0 Å². The smallest absolute Gasteiger partial charge is 0.255 e. The van der Waals surface area contributed by atoms with E-state index in [0.717, 1.165) is 22.4 Å². The number of hydrogen-bond donors (Lipinski definition) is 2. The van der Waals surface area contributed by atoms with Gasteiger partial charge in [-0.3, -0.25) is 9.59 Å². The Labute approximate surface area is 170 Å². The number of carbonyl (C=O) groups excluding carboxylic acids is 2. The van der Waals surface area contributed by atoms with Gasteiger partial charge in [-0.05, 0) is 36.1 Å². The highest BCUT2D eigenvalue weighted by Gasteiger charge is 2.36. The molecule has 2 aromatic carbocycles. The molecule has 2 N–H and O–H groups in total. The minimum Gasteiger partial charge on any atom is -0.354 e. The summed E-state index contributed by atoms with van der Waals surface area (Å²) in [4.78, 5) is 35.4. The van der Waals surface area contributed by atoms with Crippen molar-refractivity contribution < 1.29 is 9.59 Å². The van der Waals surface area contributed by atoms with Gasteiger partial charge in [0, 0.05) is 25.1 Å². The fourth-order valence-electron chi connectivity index (χ4n) is 3.90. The molecule has 1 aromatic heterocycles. The van der Waals surface area contributed by atoms with E-state index in [2.05, 4.69) is 29.1 Å². The molecule has 0 radical (unpaired) electrons. The Morgan fingerprint density at radius 3 is 2.69 bits per heavy atom. The van der Waals surface area contributed by atoms with E-state index < -0.39 is 6.04 Å². The van der Waals surface area contributed by atoms with Gasteiger partial charge in [0.25, 0.3) is 5.91 Å². The molecule has 1 aliphatic heterocycles. The van der Waals surface area contributed by atoms with E-state index in [1.54, 1.807) is 4.90 Å². The number of benzene rings is 2. The van der Waals surface area contributed by atoms with Crippen LogP contribution in [0.25, 0.3) is 11.0 Å². The van der Waals surface area contributed by atoms with Crippen LogP contribution >= 0.6 is 0 Å². The molecular formula is C23H26N4O2. The first-order valence-electron chi connectivity index (χ1n) is 10.1. The lowest BCUT2D eigenvalue weighted by atomic mass is 10.0. The van der Waals surface area contributed by atoms with E-state index in [9.17, 15) is 9.59 Å². The molecule has 0 aliphatic carbocycles. The molecule has 2 heterocycles. The van der Waals surface area contributed by atoms with Crippen molar-refractivity contribution in [3.8, 4) is 0 Å². The molecular weight excluding hydrogens is 364 g/mol. The third kappa shape index (κ3) is 4.01. The number of amides is 2. The van der Waals surface area contributed by atoms with Crippen LogP contribution in [0.2, 0.25) is 0 Å². The van der Waals surface area contributed by atoms with Gasteiger partial charge in [0.05, 0.1) is 11.0 Å². The minimum absolute atomic E-state index is 0.0568. The number of aromatic nitrogens is 2. The van der Waals surface area contributed by atoms with Crippen molar-refractivity contribution >= 4 is 22.8 Å². The summed E-state index contributed by atoms with van der Waals surface area (Å²) in [5.74, 6) is 0.990. The van der Waals surface area contributed by atoms with Crippen LogP contribution in [-0.2, 0) is 17.8 Å². The van der Waals surface area contributed by atoms with Crippen LogP contribution in [0.5, 0.6) is 0 Å². The van der Waals surface area contributed by atoms with Crippen molar-refractivity contribution in [2.24, 2.45) is 5.92 Å². The molecule has 0 spiro atoms. The van der Waals surface area contributed by atoms with Crippen LogP contribution in [0.15, 0.2) is 48.5 Å². The Balaban J connectivity index is 1.42. The van der Waals surface area contributed by atoms with E-state index >= 15 is 0 Å². The largest absolute Gasteiger partial charge is 0.354 e. The number of carbonyl (C=O) groups is 2. The average molecular weight is 390 g/mol. The zero-order valence-electron chi connectivity index (χ0n) is 16.8. The minimum atomic E-state index is -0.467. The zero-order valence-corrected chi connectivity index (χ0v) is 16.8. The molecule has 1 aliphatic rings. The van der Waals surface area contributed by atoms with Gasteiger partial charge in [0.1, 0.15) is 11.9 Å². The molecule has 0 fully saturated rings. The number of H-pyrrole nitrogens is 1. The van der Waals surface area contributed by atoms with Gasteiger partial charge in [0.2, 0.25) is 5.91 Å². The first kappa shape index (κ1) is 19.2. The molecule has 3 aromatic rings. The summed E-state index contributed by atoms with van der Waals surface area (Å²) in [6.07, 6.45) is 1.25. The molecule has 2 amide bonds. The fourth-order valence-corrected chi connectivity index (χ4v) is 3.90. The van der Waals surface area contributed by atoms with E-state index in [0.29, 0.717) is 37.4 Å². The second-order valence-electron chi connectivity index (χ2n) is 7.98. The summed E-state index contributed by atoms with van der Waals surface area (Å²) in [6, 6.07) is 15.0. The number of fused-ring (bicyclic) bond motifs is 2. The van der Waals surface area contributed by atoms with Gasteiger partial charge in [-0.15, -0.1) is 0 Å². The number of rotatable bonds is 7. The maximum Gasteiger partial charge on any atom is 0.255 e. The van der Waals surface area contributed by atoms with Crippen molar-refractivity contribution in [3.05, 3.63) is 65.5 Å². The van der Waals surface area contributed by atoms with Crippen molar-refractivity contribution in [3.63, 3.8) is 0 Å². The second-order valence-corrected chi connectivity index (χ2v) is 7.98. The van der Waals surface area contributed by atoms with E-state index in [1.807, 2.05) is 48.5 Å². The van der Waals surface area contributed by atoms with Crippen LogP contribution in [0.1, 0.15) is 42.0 Å². The molecule has 150 valence electrons. The highest BCUT2D eigenvalue weighted by molar-refractivity contribution is 6.01. The Morgan fingerprint density at radius 1 is 1.17 bits per heavy atom. The first-order valence-corrected chi connectivity index (χ1v) is 10.1. The van der Waals surface area contributed by atoms with Crippen molar-refractivity contribution in [2.75, 3.05) is 6.54 Å².